The molecule has 1 amide bonds. The smallest absolute Gasteiger partial charge is 0.410 e. The van der Waals surface area contributed by atoms with E-state index < -0.39 is 15.6 Å². The first-order valence-electron chi connectivity index (χ1n) is 13.4. The molecule has 4 rings (SSSR count). The van der Waals surface area contributed by atoms with E-state index in [0.717, 1.165) is 0 Å². The molecule has 0 spiro atoms. The Balaban J connectivity index is 1.52. The van der Waals surface area contributed by atoms with Gasteiger partial charge in [-0.15, -0.1) is 11.3 Å². The van der Waals surface area contributed by atoms with Gasteiger partial charge in [0.1, 0.15) is 29.0 Å². The fourth-order valence-corrected chi connectivity index (χ4v) is 7.19. The van der Waals surface area contributed by atoms with E-state index in [1.54, 1.807) is 47.9 Å². The van der Waals surface area contributed by atoms with Gasteiger partial charge in [0, 0.05) is 48.6 Å². The molecule has 2 atom stereocenters. The predicted molar refractivity (Wildman–Crippen MR) is 163 cm³/mol. The van der Waals surface area contributed by atoms with E-state index in [1.165, 1.54) is 34.9 Å². The first-order chi connectivity index (χ1) is 19.8. The zero-order valence-corrected chi connectivity index (χ0v) is 26.9. The van der Waals surface area contributed by atoms with Gasteiger partial charge in [-0.3, -0.25) is 0 Å². The van der Waals surface area contributed by atoms with E-state index in [0.29, 0.717) is 47.3 Å². The second kappa shape index (κ2) is 13.0. The number of aromatic nitrogens is 1. The van der Waals surface area contributed by atoms with Crippen LogP contribution in [-0.4, -0.2) is 62.9 Å². The highest BCUT2D eigenvalue weighted by Gasteiger charge is 2.33. The molecule has 1 saturated heterocycles. The molecular weight excluding hydrogens is 602 g/mol. The van der Waals surface area contributed by atoms with Crippen molar-refractivity contribution in [1.82, 2.24) is 9.88 Å². The Morgan fingerprint density at radius 3 is 2.50 bits per heavy atom. The molecule has 1 aliphatic heterocycles. The second-order valence-corrected chi connectivity index (χ2v) is 14.0. The van der Waals surface area contributed by atoms with Crippen molar-refractivity contribution in [2.45, 2.75) is 69.7 Å². The van der Waals surface area contributed by atoms with Crippen molar-refractivity contribution in [2.75, 3.05) is 25.1 Å². The quantitative estimate of drug-likeness (QED) is 0.266. The molecule has 1 aromatic heterocycles. The summed E-state index contributed by atoms with van der Waals surface area (Å²) in [5.41, 5.74) is 0.0604. The van der Waals surface area contributed by atoms with Crippen molar-refractivity contribution in [3.63, 3.8) is 0 Å². The lowest BCUT2D eigenvalue weighted by atomic mass is 10.0. The van der Waals surface area contributed by atoms with Crippen LogP contribution >= 0.6 is 22.9 Å². The lowest BCUT2D eigenvalue weighted by Crippen LogP contribution is -2.49. The minimum Gasteiger partial charge on any atom is -0.497 e. The number of anilines is 1. The fraction of sp³-hybridized carbons (Fsp3) is 0.448. The fourth-order valence-electron chi connectivity index (χ4n) is 4.60. The molecule has 0 N–H and O–H groups in total. The number of likely N-dealkylation sites (tertiary alicyclic amines) is 1. The number of thiazole rings is 1. The number of piperidine rings is 1. The van der Waals surface area contributed by atoms with Crippen LogP contribution in [-0.2, 0) is 21.3 Å². The standard InChI is InChI=1S/C29H36ClN3O7S2/c1-19-15-22(11-13-32(19)28(34)40-29(2,3)4)39-25-10-9-23(17-24(25)30)42(35,36)33(27-31-12-14-41-27)18-20-7-8-21(37-5)16-26(20)38-6/h7-10,12,14,16-17,19,22H,11,13,15,18H2,1-6H3/t19-,22+/m0/s1. The Hall–Kier alpha value is -3.22. The number of carbonyl (C=O) groups excluding carboxylic acids is 1. The number of carbonyl (C=O) groups is 1. The highest BCUT2D eigenvalue weighted by Crippen LogP contribution is 2.35. The summed E-state index contributed by atoms with van der Waals surface area (Å²) in [5.74, 6) is 1.45. The van der Waals surface area contributed by atoms with E-state index >= 15 is 0 Å². The number of benzene rings is 2. The first-order valence-corrected chi connectivity index (χ1v) is 16.1. The maximum absolute atomic E-state index is 13.9. The van der Waals surface area contributed by atoms with Gasteiger partial charge in [-0.1, -0.05) is 11.6 Å². The van der Waals surface area contributed by atoms with Crippen molar-refractivity contribution in [3.8, 4) is 17.2 Å². The number of hydrogen-bond acceptors (Lipinski definition) is 9. The third-order valence-corrected chi connectivity index (χ3v) is 9.62. The average Bonchev–Trinajstić information content (AvgIpc) is 3.46. The Kier molecular flexibility index (Phi) is 9.79. The third kappa shape index (κ3) is 7.40. The van der Waals surface area contributed by atoms with E-state index in [-0.39, 0.29) is 34.7 Å². The molecule has 1 aliphatic rings. The molecule has 0 aliphatic carbocycles. The van der Waals surface area contributed by atoms with E-state index in [9.17, 15) is 13.2 Å². The summed E-state index contributed by atoms with van der Waals surface area (Å²) in [4.78, 5) is 18.5. The van der Waals surface area contributed by atoms with Crippen molar-refractivity contribution in [3.05, 3.63) is 58.6 Å². The molecule has 42 heavy (non-hydrogen) atoms. The van der Waals surface area contributed by atoms with Gasteiger partial charge in [0.15, 0.2) is 5.13 Å². The monoisotopic (exact) mass is 637 g/mol. The zero-order chi connectivity index (χ0) is 30.7. The van der Waals surface area contributed by atoms with Crippen LogP contribution in [0.2, 0.25) is 5.02 Å². The van der Waals surface area contributed by atoms with Crippen LogP contribution in [0.25, 0.3) is 0 Å². The van der Waals surface area contributed by atoms with Crippen LogP contribution in [0.3, 0.4) is 0 Å². The molecule has 0 saturated carbocycles. The summed E-state index contributed by atoms with van der Waals surface area (Å²) < 4.78 is 51.5. The van der Waals surface area contributed by atoms with Crippen LogP contribution in [0.5, 0.6) is 17.2 Å². The summed E-state index contributed by atoms with van der Waals surface area (Å²) in [6.07, 6.45) is 2.16. The third-order valence-electron chi connectivity index (χ3n) is 6.68. The molecule has 228 valence electrons. The largest absolute Gasteiger partial charge is 0.497 e. The van der Waals surface area contributed by atoms with E-state index in [1.807, 2.05) is 27.7 Å². The molecule has 2 heterocycles. The Bertz CT molecular complexity index is 1490. The second-order valence-electron chi connectivity index (χ2n) is 10.9. The highest BCUT2D eigenvalue weighted by molar-refractivity contribution is 7.93. The Morgan fingerprint density at radius 1 is 1.14 bits per heavy atom. The maximum atomic E-state index is 13.9. The molecule has 10 nitrogen and oxygen atoms in total. The minimum atomic E-state index is -4.08. The van der Waals surface area contributed by atoms with Gasteiger partial charge < -0.3 is 23.8 Å². The molecule has 1 fully saturated rings. The lowest BCUT2D eigenvalue weighted by molar-refractivity contribution is -0.00103. The van der Waals surface area contributed by atoms with Crippen molar-refractivity contribution in [2.24, 2.45) is 0 Å². The number of nitrogens with zero attached hydrogens (tertiary/aromatic N) is 3. The molecule has 13 heteroatoms. The van der Waals surface area contributed by atoms with Gasteiger partial charge in [-0.25, -0.2) is 22.5 Å². The summed E-state index contributed by atoms with van der Waals surface area (Å²) in [5, 5.41) is 2.18. The van der Waals surface area contributed by atoms with Gasteiger partial charge in [-0.2, -0.15) is 0 Å². The highest BCUT2D eigenvalue weighted by atomic mass is 35.5. The topological polar surface area (TPSA) is 108 Å². The first kappa shape index (κ1) is 31.7. The minimum absolute atomic E-state index is 0.00404. The van der Waals surface area contributed by atoms with Crippen molar-refractivity contribution in [1.29, 1.82) is 0 Å². The van der Waals surface area contributed by atoms with Gasteiger partial charge >= 0.3 is 6.09 Å². The number of halogens is 1. The van der Waals surface area contributed by atoms with Crippen LogP contribution in [0.1, 0.15) is 46.1 Å². The number of methoxy groups -OCH3 is 2. The van der Waals surface area contributed by atoms with Crippen LogP contribution in [0.15, 0.2) is 52.9 Å². The van der Waals surface area contributed by atoms with Gasteiger partial charge in [0.05, 0.1) is 30.7 Å². The summed E-state index contributed by atoms with van der Waals surface area (Å²) in [7, 11) is -1.02. The molecule has 0 radical (unpaired) electrons. The normalized spacial score (nSPS) is 17.5. The predicted octanol–water partition coefficient (Wildman–Crippen LogP) is 6.38. The average molecular weight is 638 g/mol. The zero-order valence-electron chi connectivity index (χ0n) is 24.5. The van der Waals surface area contributed by atoms with Crippen molar-refractivity contribution >= 4 is 44.2 Å². The number of rotatable bonds is 9. The number of sulfonamides is 1. The molecule has 2 aromatic carbocycles. The van der Waals surface area contributed by atoms with Crippen molar-refractivity contribution < 1.29 is 32.2 Å². The SMILES string of the molecule is COc1ccc(CN(c2nccs2)S(=O)(=O)c2ccc(O[C@@H]3CCN(C(=O)OC(C)(C)C)[C@@H](C)C3)c(Cl)c2)c(OC)c1. The van der Waals surface area contributed by atoms with Crippen LogP contribution in [0.4, 0.5) is 9.93 Å². The lowest BCUT2D eigenvalue weighted by Gasteiger charge is -2.38. The van der Waals surface area contributed by atoms with Crippen LogP contribution < -0.4 is 18.5 Å². The number of amides is 1. The van der Waals surface area contributed by atoms with Gasteiger partial charge in [0.2, 0.25) is 0 Å². The molecule has 0 bridgehead atoms. The number of hydrogen-bond donors (Lipinski definition) is 0. The van der Waals surface area contributed by atoms with E-state index in [2.05, 4.69) is 4.98 Å². The van der Waals surface area contributed by atoms with Crippen LogP contribution in [0, 0.1) is 0 Å². The number of ether oxygens (including phenoxy) is 4. The molecular formula is C29H36ClN3O7S2. The molecule has 3 aromatic rings. The van der Waals surface area contributed by atoms with Gasteiger partial charge in [-0.05, 0) is 58.0 Å². The Labute approximate surface area is 256 Å². The maximum Gasteiger partial charge on any atom is 0.410 e. The summed E-state index contributed by atoms with van der Waals surface area (Å²) in [6.45, 7) is 7.91. The summed E-state index contributed by atoms with van der Waals surface area (Å²) in [6, 6.07) is 9.52. The summed E-state index contributed by atoms with van der Waals surface area (Å²) >= 11 is 7.78. The molecule has 0 unspecified atom stereocenters. The Morgan fingerprint density at radius 2 is 1.90 bits per heavy atom. The van der Waals surface area contributed by atoms with Gasteiger partial charge in [0.25, 0.3) is 10.0 Å². The van der Waals surface area contributed by atoms with E-state index in [4.69, 9.17) is 30.5 Å².